The van der Waals surface area contributed by atoms with Crippen molar-refractivity contribution >= 4 is 27.5 Å². The summed E-state index contributed by atoms with van der Waals surface area (Å²) in [5.74, 6) is -0.547. The fourth-order valence-electron chi connectivity index (χ4n) is 1.89. The number of sulfonamides is 1. The molecule has 5 nitrogen and oxygen atoms in total. The lowest BCUT2D eigenvalue weighted by molar-refractivity contribution is -0.120. The molecule has 1 amide bonds. The second-order valence-electron chi connectivity index (χ2n) is 4.97. The summed E-state index contributed by atoms with van der Waals surface area (Å²) in [6.07, 6.45) is 0. The van der Waals surface area contributed by atoms with Crippen LogP contribution in [0.4, 0.5) is 0 Å². The molecular formula is C16H17ClN2O3S. The Morgan fingerprint density at radius 3 is 2.26 bits per heavy atom. The molecule has 0 heterocycles. The Morgan fingerprint density at radius 1 is 0.957 bits per heavy atom. The van der Waals surface area contributed by atoms with E-state index >= 15 is 0 Å². The van der Waals surface area contributed by atoms with Gasteiger partial charge in [-0.3, -0.25) is 4.79 Å². The molecule has 2 rings (SSSR count). The molecule has 0 saturated heterocycles. The van der Waals surface area contributed by atoms with E-state index in [4.69, 9.17) is 11.6 Å². The second kappa shape index (κ2) is 8.10. The van der Waals surface area contributed by atoms with Crippen molar-refractivity contribution in [2.24, 2.45) is 0 Å². The summed E-state index contributed by atoms with van der Waals surface area (Å²) >= 11 is 5.78. The van der Waals surface area contributed by atoms with Crippen LogP contribution < -0.4 is 10.0 Å². The van der Waals surface area contributed by atoms with Gasteiger partial charge in [0.2, 0.25) is 15.9 Å². The van der Waals surface area contributed by atoms with Crippen LogP contribution in [0.5, 0.6) is 0 Å². The van der Waals surface area contributed by atoms with Crippen LogP contribution in [0, 0.1) is 0 Å². The van der Waals surface area contributed by atoms with E-state index < -0.39 is 15.9 Å². The molecule has 0 unspecified atom stereocenters. The maximum absolute atomic E-state index is 11.9. The molecule has 122 valence electrons. The van der Waals surface area contributed by atoms with E-state index in [-0.39, 0.29) is 12.3 Å². The zero-order chi connectivity index (χ0) is 16.7. The van der Waals surface area contributed by atoms with Crippen LogP contribution in [-0.2, 0) is 27.1 Å². The largest absolute Gasteiger partial charge is 0.351 e. The molecule has 2 aromatic carbocycles. The first-order valence-electron chi connectivity index (χ1n) is 6.97. The number of carbonyl (C=O) groups excluding carboxylic acids is 1. The molecule has 0 aromatic heterocycles. The lowest BCUT2D eigenvalue weighted by Crippen LogP contribution is -2.37. The lowest BCUT2D eigenvalue weighted by Gasteiger charge is -2.08. The lowest BCUT2D eigenvalue weighted by atomic mass is 10.2. The fraction of sp³-hybridized carbons (Fsp3) is 0.188. The van der Waals surface area contributed by atoms with E-state index in [0.29, 0.717) is 17.1 Å². The minimum absolute atomic E-state index is 0.154. The second-order valence-corrected chi connectivity index (χ2v) is 7.21. The molecule has 7 heteroatoms. The molecule has 0 radical (unpaired) electrons. The molecule has 0 fully saturated rings. The number of amides is 1. The maximum atomic E-state index is 11.9. The monoisotopic (exact) mass is 352 g/mol. The third-order valence-electron chi connectivity index (χ3n) is 3.06. The minimum atomic E-state index is -3.55. The number of hydrogen-bond donors (Lipinski definition) is 2. The predicted octanol–water partition coefficient (Wildman–Crippen LogP) is 2.08. The van der Waals surface area contributed by atoms with Gasteiger partial charge in [-0.2, -0.15) is 0 Å². The standard InChI is InChI=1S/C16H17ClN2O3S/c17-15-8-6-13(7-9-15)10-18-16(20)11-19-23(21,22)12-14-4-2-1-3-5-14/h1-9,19H,10-12H2,(H,18,20). The Labute approximate surface area is 140 Å². The fourth-order valence-corrected chi connectivity index (χ4v) is 3.10. The topological polar surface area (TPSA) is 75.3 Å². The Morgan fingerprint density at radius 2 is 1.61 bits per heavy atom. The zero-order valence-corrected chi connectivity index (χ0v) is 13.9. The average molecular weight is 353 g/mol. The highest BCUT2D eigenvalue weighted by Crippen LogP contribution is 2.09. The van der Waals surface area contributed by atoms with Crippen molar-refractivity contribution < 1.29 is 13.2 Å². The molecule has 0 aliphatic carbocycles. The summed E-state index contributed by atoms with van der Waals surface area (Å²) in [6, 6.07) is 15.8. The Kier molecular flexibility index (Phi) is 6.15. The molecule has 23 heavy (non-hydrogen) atoms. The molecule has 2 N–H and O–H groups in total. The van der Waals surface area contributed by atoms with Crippen molar-refractivity contribution in [3.63, 3.8) is 0 Å². The van der Waals surface area contributed by atoms with Gasteiger partial charge in [0, 0.05) is 11.6 Å². The molecule has 0 aliphatic heterocycles. The average Bonchev–Trinajstić information content (AvgIpc) is 2.53. The van der Waals surface area contributed by atoms with Gasteiger partial charge in [0.1, 0.15) is 0 Å². The molecule has 0 saturated carbocycles. The summed E-state index contributed by atoms with van der Waals surface area (Å²) in [4.78, 5) is 11.7. The van der Waals surface area contributed by atoms with Crippen LogP contribution in [0.2, 0.25) is 5.02 Å². The van der Waals surface area contributed by atoms with Gasteiger partial charge in [0.05, 0.1) is 12.3 Å². The molecule has 2 aromatic rings. The van der Waals surface area contributed by atoms with E-state index in [1.54, 1.807) is 48.5 Å². The number of halogens is 1. The Bertz CT molecular complexity index is 747. The molecule has 0 aliphatic rings. The van der Waals surface area contributed by atoms with Crippen LogP contribution in [0.15, 0.2) is 54.6 Å². The first-order valence-corrected chi connectivity index (χ1v) is 9.00. The van der Waals surface area contributed by atoms with Crippen LogP contribution in [-0.4, -0.2) is 20.9 Å². The van der Waals surface area contributed by atoms with Crippen molar-refractivity contribution in [1.29, 1.82) is 0 Å². The van der Waals surface area contributed by atoms with Gasteiger partial charge in [-0.05, 0) is 23.3 Å². The highest BCUT2D eigenvalue weighted by molar-refractivity contribution is 7.88. The van der Waals surface area contributed by atoms with Gasteiger partial charge < -0.3 is 5.32 Å². The van der Waals surface area contributed by atoms with Gasteiger partial charge in [-0.15, -0.1) is 0 Å². The molecule has 0 atom stereocenters. The number of benzene rings is 2. The summed E-state index contributed by atoms with van der Waals surface area (Å²) in [6.45, 7) is 0.0270. The van der Waals surface area contributed by atoms with Crippen LogP contribution in [0.1, 0.15) is 11.1 Å². The Hall–Kier alpha value is -1.89. The number of nitrogens with one attached hydrogen (secondary N) is 2. The van der Waals surface area contributed by atoms with E-state index in [1.807, 2.05) is 6.07 Å². The highest BCUT2D eigenvalue weighted by Gasteiger charge is 2.13. The van der Waals surface area contributed by atoms with Crippen molar-refractivity contribution in [1.82, 2.24) is 10.0 Å². The van der Waals surface area contributed by atoms with E-state index in [1.165, 1.54) is 0 Å². The maximum Gasteiger partial charge on any atom is 0.235 e. The SMILES string of the molecule is O=C(CNS(=O)(=O)Cc1ccccc1)NCc1ccc(Cl)cc1. The third kappa shape index (κ3) is 6.40. The molecular weight excluding hydrogens is 336 g/mol. The van der Waals surface area contributed by atoms with E-state index in [9.17, 15) is 13.2 Å². The van der Waals surface area contributed by atoms with Gasteiger partial charge in [-0.25, -0.2) is 13.1 Å². The van der Waals surface area contributed by atoms with Crippen LogP contribution >= 0.6 is 11.6 Å². The first kappa shape index (κ1) is 17.5. The quantitative estimate of drug-likeness (QED) is 0.801. The van der Waals surface area contributed by atoms with Crippen molar-refractivity contribution in [2.75, 3.05) is 6.54 Å². The van der Waals surface area contributed by atoms with Gasteiger partial charge in [0.15, 0.2) is 0 Å². The summed E-state index contributed by atoms with van der Waals surface area (Å²) in [5, 5.41) is 3.27. The first-order chi connectivity index (χ1) is 10.9. The summed E-state index contributed by atoms with van der Waals surface area (Å²) in [5.41, 5.74) is 1.55. The van der Waals surface area contributed by atoms with Crippen LogP contribution in [0.3, 0.4) is 0 Å². The minimum Gasteiger partial charge on any atom is -0.351 e. The predicted molar refractivity (Wildman–Crippen MR) is 90.4 cm³/mol. The number of carbonyl (C=O) groups is 1. The third-order valence-corrected chi connectivity index (χ3v) is 4.60. The number of hydrogen-bond acceptors (Lipinski definition) is 3. The van der Waals surface area contributed by atoms with Crippen molar-refractivity contribution in [3.05, 3.63) is 70.7 Å². The molecule has 0 spiro atoms. The zero-order valence-electron chi connectivity index (χ0n) is 12.3. The molecule has 0 bridgehead atoms. The highest BCUT2D eigenvalue weighted by atomic mass is 35.5. The van der Waals surface area contributed by atoms with Gasteiger partial charge in [0.25, 0.3) is 0 Å². The summed E-state index contributed by atoms with van der Waals surface area (Å²) < 4.78 is 26.1. The number of rotatable bonds is 7. The van der Waals surface area contributed by atoms with Gasteiger partial charge >= 0.3 is 0 Å². The Balaban J connectivity index is 1.78. The van der Waals surface area contributed by atoms with Gasteiger partial charge in [-0.1, -0.05) is 54.1 Å². The van der Waals surface area contributed by atoms with Crippen LogP contribution in [0.25, 0.3) is 0 Å². The summed E-state index contributed by atoms with van der Waals surface area (Å²) in [7, 11) is -3.55. The van der Waals surface area contributed by atoms with E-state index in [2.05, 4.69) is 10.0 Å². The normalized spacial score (nSPS) is 11.2. The smallest absolute Gasteiger partial charge is 0.235 e. The van der Waals surface area contributed by atoms with Crippen molar-refractivity contribution in [2.45, 2.75) is 12.3 Å². The van der Waals surface area contributed by atoms with E-state index in [0.717, 1.165) is 5.56 Å². The van der Waals surface area contributed by atoms with Crippen molar-refractivity contribution in [3.8, 4) is 0 Å².